The first-order valence-corrected chi connectivity index (χ1v) is 8.22. The maximum Gasteiger partial charge on any atom is 0.132 e. The lowest BCUT2D eigenvalue weighted by Crippen LogP contribution is -2.25. The second-order valence-electron chi connectivity index (χ2n) is 6.33. The summed E-state index contributed by atoms with van der Waals surface area (Å²) in [5.74, 6) is -0.431. The molecule has 24 heavy (non-hydrogen) atoms. The van der Waals surface area contributed by atoms with Crippen molar-refractivity contribution in [2.45, 2.75) is 32.0 Å². The Bertz CT molecular complexity index is 874. The number of aromatic nitrogens is 1. The highest BCUT2D eigenvalue weighted by atomic mass is 19.1. The Morgan fingerprint density at radius 3 is 2.46 bits per heavy atom. The van der Waals surface area contributed by atoms with Crippen LogP contribution in [0, 0.1) is 11.6 Å². The van der Waals surface area contributed by atoms with Gasteiger partial charge in [0, 0.05) is 36.3 Å². The van der Waals surface area contributed by atoms with Gasteiger partial charge in [0.2, 0.25) is 0 Å². The molecule has 1 aromatic heterocycles. The number of pyridine rings is 1. The third-order valence-corrected chi connectivity index (χ3v) is 4.57. The first-order valence-electron chi connectivity index (χ1n) is 8.22. The van der Waals surface area contributed by atoms with E-state index in [1.807, 2.05) is 12.1 Å². The smallest absolute Gasteiger partial charge is 0.132 e. The average molecular weight is 324 g/mol. The van der Waals surface area contributed by atoms with Crippen LogP contribution < -0.4 is 0 Å². The molecule has 1 saturated carbocycles. The summed E-state index contributed by atoms with van der Waals surface area (Å²) in [5.41, 5.74) is 2.37. The summed E-state index contributed by atoms with van der Waals surface area (Å²) in [6.45, 7) is 1.20. The first-order chi connectivity index (χ1) is 11.7. The largest absolute Gasteiger partial charge is 0.292 e. The molecule has 1 fully saturated rings. The van der Waals surface area contributed by atoms with Crippen molar-refractivity contribution in [2.75, 3.05) is 0 Å². The lowest BCUT2D eigenvalue weighted by atomic mass is 10.1. The monoisotopic (exact) mass is 324 g/mol. The zero-order valence-corrected chi connectivity index (χ0v) is 13.3. The van der Waals surface area contributed by atoms with Gasteiger partial charge in [-0.1, -0.05) is 24.3 Å². The summed E-state index contributed by atoms with van der Waals surface area (Å²) in [5, 5.41) is 0.539. The Kier molecular flexibility index (Phi) is 3.98. The lowest BCUT2D eigenvalue weighted by Gasteiger charge is -2.23. The number of hydrogen-bond acceptors (Lipinski definition) is 2. The molecule has 0 atom stereocenters. The molecule has 0 aliphatic heterocycles. The molecule has 1 aliphatic carbocycles. The second-order valence-corrected chi connectivity index (χ2v) is 6.33. The Morgan fingerprint density at radius 2 is 1.67 bits per heavy atom. The predicted octanol–water partition coefficient (Wildman–Crippen LogP) is 4.68. The van der Waals surface area contributed by atoms with Crippen LogP contribution >= 0.6 is 0 Å². The molecule has 0 spiro atoms. The van der Waals surface area contributed by atoms with Crippen LogP contribution in [0.15, 0.2) is 54.7 Å². The molecule has 1 aliphatic rings. The molecule has 4 heteroatoms. The van der Waals surface area contributed by atoms with Crippen LogP contribution in [0.3, 0.4) is 0 Å². The van der Waals surface area contributed by atoms with Crippen molar-refractivity contribution in [1.29, 1.82) is 0 Å². The SMILES string of the molecule is Fc1ccccc1CN(Cc1ccc(F)c2cccnc12)C1CC1. The highest BCUT2D eigenvalue weighted by Crippen LogP contribution is 2.31. The summed E-state index contributed by atoms with van der Waals surface area (Å²) < 4.78 is 28.0. The van der Waals surface area contributed by atoms with E-state index in [0.29, 0.717) is 35.6 Å². The van der Waals surface area contributed by atoms with E-state index in [2.05, 4.69) is 9.88 Å². The maximum absolute atomic E-state index is 14.0. The molecule has 2 nitrogen and oxygen atoms in total. The van der Waals surface area contributed by atoms with Crippen LogP contribution in [0.1, 0.15) is 24.0 Å². The Hall–Kier alpha value is -2.33. The van der Waals surface area contributed by atoms with Crippen molar-refractivity contribution < 1.29 is 8.78 Å². The topological polar surface area (TPSA) is 16.1 Å². The fourth-order valence-electron chi connectivity index (χ4n) is 3.14. The van der Waals surface area contributed by atoms with E-state index in [4.69, 9.17) is 0 Å². The van der Waals surface area contributed by atoms with E-state index in [-0.39, 0.29) is 11.6 Å². The fourth-order valence-corrected chi connectivity index (χ4v) is 3.14. The molecular weight excluding hydrogens is 306 g/mol. The third-order valence-electron chi connectivity index (χ3n) is 4.57. The molecule has 0 N–H and O–H groups in total. The first kappa shape index (κ1) is 15.2. The van der Waals surface area contributed by atoms with Gasteiger partial charge in [0.25, 0.3) is 0 Å². The molecule has 2 aromatic carbocycles. The molecule has 0 bridgehead atoms. The zero-order valence-electron chi connectivity index (χ0n) is 13.3. The van der Waals surface area contributed by atoms with Crippen LogP contribution in [0.5, 0.6) is 0 Å². The highest BCUT2D eigenvalue weighted by molar-refractivity contribution is 5.82. The van der Waals surface area contributed by atoms with Gasteiger partial charge >= 0.3 is 0 Å². The molecule has 4 rings (SSSR count). The molecule has 3 aromatic rings. The Morgan fingerprint density at radius 1 is 0.875 bits per heavy atom. The highest BCUT2D eigenvalue weighted by Gasteiger charge is 2.30. The van der Waals surface area contributed by atoms with Gasteiger partial charge in [-0.15, -0.1) is 0 Å². The zero-order chi connectivity index (χ0) is 16.5. The molecule has 122 valence electrons. The van der Waals surface area contributed by atoms with Gasteiger partial charge in [-0.3, -0.25) is 9.88 Å². The minimum Gasteiger partial charge on any atom is -0.292 e. The van der Waals surface area contributed by atoms with Crippen molar-refractivity contribution in [1.82, 2.24) is 9.88 Å². The lowest BCUT2D eigenvalue weighted by molar-refractivity contribution is 0.243. The molecule has 0 amide bonds. The van der Waals surface area contributed by atoms with Crippen LogP contribution in [0.25, 0.3) is 10.9 Å². The van der Waals surface area contributed by atoms with Crippen LogP contribution in [0.4, 0.5) is 8.78 Å². The Balaban J connectivity index is 1.65. The van der Waals surface area contributed by atoms with Crippen LogP contribution in [-0.2, 0) is 13.1 Å². The number of fused-ring (bicyclic) bond motifs is 1. The molecule has 0 radical (unpaired) electrons. The van der Waals surface area contributed by atoms with Gasteiger partial charge in [0.15, 0.2) is 0 Å². The number of hydrogen-bond donors (Lipinski definition) is 0. The van der Waals surface area contributed by atoms with Gasteiger partial charge < -0.3 is 0 Å². The minimum atomic E-state index is -0.256. The van der Waals surface area contributed by atoms with E-state index in [0.717, 1.165) is 18.4 Å². The van der Waals surface area contributed by atoms with Gasteiger partial charge in [-0.25, -0.2) is 8.78 Å². The minimum absolute atomic E-state index is 0.176. The van der Waals surface area contributed by atoms with Gasteiger partial charge in [-0.2, -0.15) is 0 Å². The van der Waals surface area contributed by atoms with Crippen LogP contribution in [-0.4, -0.2) is 15.9 Å². The van der Waals surface area contributed by atoms with Crippen molar-refractivity contribution in [3.63, 3.8) is 0 Å². The summed E-state index contributed by atoms with van der Waals surface area (Å²) in [7, 11) is 0. The number of halogens is 2. The quantitative estimate of drug-likeness (QED) is 0.677. The van der Waals surface area contributed by atoms with Crippen molar-refractivity contribution in [3.8, 4) is 0 Å². The van der Waals surface area contributed by atoms with Crippen LogP contribution in [0.2, 0.25) is 0 Å². The summed E-state index contributed by atoms with van der Waals surface area (Å²) in [6, 6.07) is 14.1. The predicted molar refractivity (Wildman–Crippen MR) is 90.4 cm³/mol. The molecule has 0 unspecified atom stereocenters. The number of rotatable bonds is 5. The van der Waals surface area contributed by atoms with E-state index in [1.165, 1.54) is 12.1 Å². The summed E-state index contributed by atoms with van der Waals surface area (Å²) >= 11 is 0. The third kappa shape index (κ3) is 3.02. The van der Waals surface area contributed by atoms with E-state index < -0.39 is 0 Å². The normalized spacial score (nSPS) is 14.5. The van der Waals surface area contributed by atoms with E-state index in [9.17, 15) is 8.78 Å². The maximum atomic E-state index is 14.0. The molecular formula is C20H18F2N2. The van der Waals surface area contributed by atoms with Gasteiger partial charge in [0.1, 0.15) is 11.6 Å². The van der Waals surface area contributed by atoms with Gasteiger partial charge in [0.05, 0.1) is 5.52 Å². The summed E-state index contributed by atoms with van der Waals surface area (Å²) in [6.07, 6.45) is 3.94. The average Bonchev–Trinajstić information content (AvgIpc) is 3.44. The Labute approximate surface area is 139 Å². The number of benzene rings is 2. The van der Waals surface area contributed by atoms with Crippen molar-refractivity contribution in [3.05, 3.63) is 77.5 Å². The molecule has 0 saturated heterocycles. The standard InChI is InChI=1S/C20H18F2N2/c21-18-6-2-1-4-14(18)12-24(16-8-9-16)13-15-7-10-19(22)17-5-3-11-23-20(15)17/h1-7,10-11,16H,8-9,12-13H2. The summed E-state index contributed by atoms with van der Waals surface area (Å²) in [4.78, 5) is 6.62. The molecule has 1 heterocycles. The van der Waals surface area contributed by atoms with E-state index in [1.54, 1.807) is 30.5 Å². The van der Waals surface area contributed by atoms with Crippen molar-refractivity contribution >= 4 is 10.9 Å². The van der Waals surface area contributed by atoms with E-state index >= 15 is 0 Å². The fraction of sp³-hybridized carbons (Fsp3) is 0.250. The van der Waals surface area contributed by atoms with Gasteiger partial charge in [-0.05, 0) is 42.7 Å². The second kappa shape index (κ2) is 6.29. The number of nitrogens with zero attached hydrogens (tertiary/aromatic N) is 2. The van der Waals surface area contributed by atoms with Crippen molar-refractivity contribution in [2.24, 2.45) is 0 Å².